The predicted molar refractivity (Wildman–Crippen MR) is 56.8 cm³/mol. The molecule has 0 aliphatic heterocycles. The molecule has 0 aliphatic carbocycles. The van der Waals surface area contributed by atoms with Gasteiger partial charge in [-0.1, -0.05) is 0 Å². The number of hydrogen-bond acceptors (Lipinski definition) is 4. The van der Waals surface area contributed by atoms with Gasteiger partial charge in [0, 0.05) is 18.2 Å². The van der Waals surface area contributed by atoms with E-state index in [1.807, 2.05) is 13.8 Å². The molecule has 0 fully saturated rings. The topological polar surface area (TPSA) is 80.9 Å². The van der Waals surface area contributed by atoms with Crippen LogP contribution in [-0.4, -0.2) is 21.6 Å². The van der Waals surface area contributed by atoms with E-state index in [4.69, 9.17) is 5.73 Å². The van der Waals surface area contributed by atoms with Crippen molar-refractivity contribution < 1.29 is 4.79 Å². The molecule has 0 saturated heterocycles. The normalized spacial score (nSPS) is 11.1. The van der Waals surface area contributed by atoms with Gasteiger partial charge in [-0.15, -0.1) is 0 Å². The first-order valence-electron chi connectivity index (χ1n) is 4.79. The monoisotopic (exact) mass is 208 g/mol. The van der Waals surface area contributed by atoms with Crippen LogP contribution in [0, 0.1) is 0 Å². The lowest BCUT2D eigenvalue weighted by atomic mass is 10.0. The first-order chi connectivity index (χ1) is 6.97. The van der Waals surface area contributed by atoms with Gasteiger partial charge >= 0.3 is 0 Å². The van der Waals surface area contributed by atoms with Gasteiger partial charge in [0.15, 0.2) is 0 Å². The summed E-state index contributed by atoms with van der Waals surface area (Å²) in [6, 6.07) is 3.59. The fourth-order valence-corrected chi connectivity index (χ4v) is 1.09. The van der Waals surface area contributed by atoms with Crippen LogP contribution in [0.3, 0.4) is 0 Å². The first kappa shape index (κ1) is 11.6. The largest absolute Gasteiger partial charge is 0.350 e. The van der Waals surface area contributed by atoms with Gasteiger partial charge in [-0.05, 0) is 26.0 Å². The van der Waals surface area contributed by atoms with E-state index in [2.05, 4.69) is 15.5 Å². The van der Waals surface area contributed by atoms with E-state index in [0.717, 1.165) is 5.69 Å². The number of nitrogens with two attached hydrogens (primary N) is 1. The number of hydrogen-bond donors (Lipinski definition) is 2. The summed E-state index contributed by atoms with van der Waals surface area (Å²) in [5, 5.41) is 10.3. The van der Waals surface area contributed by atoms with Gasteiger partial charge < -0.3 is 11.1 Å². The van der Waals surface area contributed by atoms with Crippen molar-refractivity contribution >= 4 is 5.91 Å². The van der Waals surface area contributed by atoms with Crippen LogP contribution in [0.5, 0.6) is 0 Å². The molecule has 0 spiro atoms. The van der Waals surface area contributed by atoms with Gasteiger partial charge in [-0.25, -0.2) is 0 Å². The van der Waals surface area contributed by atoms with Crippen molar-refractivity contribution in [2.75, 3.05) is 0 Å². The molecule has 15 heavy (non-hydrogen) atoms. The number of carbonyl (C=O) groups is 1. The molecule has 0 aliphatic rings. The van der Waals surface area contributed by atoms with E-state index in [1.54, 1.807) is 18.3 Å². The molecule has 0 saturated carbocycles. The maximum absolute atomic E-state index is 11.4. The number of nitrogens with one attached hydrogen (secondary N) is 1. The van der Waals surface area contributed by atoms with Crippen LogP contribution >= 0.6 is 0 Å². The third-order valence-electron chi connectivity index (χ3n) is 1.71. The smallest absolute Gasteiger partial charge is 0.222 e. The Balaban J connectivity index is 2.35. The Labute approximate surface area is 89.1 Å². The van der Waals surface area contributed by atoms with Gasteiger partial charge in [-0.2, -0.15) is 10.2 Å². The zero-order valence-electron chi connectivity index (χ0n) is 9.03. The maximum atomic E-state index is 11.4. The highest BCUT2D eigenvalue weighted by Gasteiger charge is 2.15. The molecular weight excluding hydrogens is 192 g/mol. The molecule has 1 aromatic heterocycles. The second-order valence-corrected chi connectivity index (χ2v) is 4.16. The highest BCUT2D eigenvalue weighted by Crippen LogP contribution is 2.02. The molecule has 0 aromatic carbocycles. The van der Waals surface area contributed by atoms with Crippen molar-refractivity contribution in [1.29, 1.82) is 0 Å². The van der Waals surface area contributed by atoms with Gasteiger partial charge in [-0.3, -0.25) is 4.79 Å². The molecule has 0 radical (unpaired) electrons. The third kappa shape index (κ3) is 5.07. The first-order valence-corrected chi connectivity index (χ1v) is 4.79. The summed E-state index contributed by atoms with van der Waals surface area (Å²) in [4.78, 5) is 11.4. The van der Waals surface area contributed by atoms with Crippen molar-refractivity contribution in [3.63, 3.8) is 0 Å². The molecular formula is C10H16N4O. The second-order valence-electron chi connectivity index (χ2n) is 4.16. The van der Waals surface area contributed by atoms with E-state index in [9.17, 15) is 4.79 Å². The maximum Gasteiger partial charge on any atom is 0.222 e. The standard InChI is InChI=1S/C10H16N4O/c1-10(2,11)6-9(15)12-7-8-4-3-5-13-14-8/h3-5H,6-7,11H2,1-2H3,(H,12,15). The second kappa shape index (κ2) is 4.84. The van der Waals surface area contributed by atoms with Crippen LogP contribution in [0.25, 0.3) is 0 Å². The lowest BCUT2D eigenvalue weighted by Crippen LogP contribution is -2.38. The Morgan fingerprint density at radius 1 is 1.60 bits per heavy atom. The Bertz CT molecular complexity index is 318. The van der Waals surface area contributed by atoms with Crippen molar-refractivity contribution in [3.8, 4) is 0 Å². The minimum absolute atomic E-state index is 0.0758. The molecule has 1 aromatic rings. The molecule has 5 nitrogen and oxygen atoms in total. The van der Waals surface area contributed by atoms with Gasteiger partial charge in [0.05, 0.1) is 12.2 Å². The quantitative estimate of drug-likeness (QED) is 0.741. The van der Waals surface area contributed by atoms with E-state index >= 15 is 0 Å². The van der Waals surface area contributed by atoms with Crippen LogP contribution in [0.2, 0.25) is 0 Å². The Morgan fingerprint density at radius 3 is 2.87 bits per heavy atom. The summed E-state index contributed by atoms with van der Waals surface area (Å²) in [6.45, 7) is 4.02. The summed E-state index contributed by atoms with van der Waals surface area (Å²) in [5.41, 5.74) is 5.97. The van der Waals surface area contributed by atoms with E-state index in [1.165, 1.54) is 0 Å². The third-order valence-corrected chi connectivity index (χ3v) is 1.71. The molecule has 82 valence electrons. The summed E-state index contributed by atoms with van der Waals surface area (Å²) in [5.74, 6) is -0.0758. The number of amides is 1. The summed E-state index contributed by atoms with van der Waals surface area (Å²) in [6.07, 6.45) is 1.89. The van der Waals surface area contributed by atoms with Crippen LogP contribution in [0.1, 0.15) is 26.0 Å². The average molecular weight is 208 g/mol. The molecule has 1 amide bonds. The van der Waals surface area contributed by atoms with Crippen molar-refractivity contribution in [1.82, 2.24) is 15.5 Å². The van der Waals surface area contributed by atoms with E-state index in [0.29, 0.717) is 13.0 Å². The van der Waals surface area contributed by atoms with Crippen molar-refractivity contribution in [3.05, 3.63) is 24.0 Å². The molecule has 1 heterocycles. The Morgan fingerprint density at radius 2 is 2.33 bits per heavy atom. The number of nitrogens with zero attached hydrogens (tertiary/aromatic N) is 2. The SMILES string of the molecule is CC(C)(N)CC(=O)NCc1cccnn1. The van der Waals surface area contributed by atoms with E-state index in [-0.39, 0.29) is 5.91 Å². The average Bonchev–Trinajstić information content (AvgIpc) is 2.14. The Kier molecular flexibility index (Phi) is 3.74. The van der Waals surface area contributed by atoms with Crippen molar-refractivity contribution in [2.45, 2.75) is 32.4 Å². The highest BCUT2D eigenvalue weighted by atomic mass is 16.1. The minimum Gasteiger partial charge on any atom is -0.350 e. The van der Waals surface area contributed by atoms with Crippen molar-refractivity contribution in [2.24, 2.45) is 5.73 Å². The fourth-order valence-electron chi connectivity index (χ4n) is 1.09. The van der Waals surface area contributed by atoms with Crippen LogP contribution in [0.15, 0.2) is 18.3 Å². The summed E-state index contributed by atoms with van der Waals surface area (Å²) < 4.78 is 0. The molecule has 3 N–H and O–H groups in total. The zero-order chi connectivity index (χ0) is 11.3. The summed E-state index contributed by atoms with van der Waals surface area (Å²) >= 11 is 0. The number of aromatic nitrogens is 2. The molecule has 0 bridgehead atoms. The molecule has 1 rings (SSSR count). The van der Waals surface area contributed by atoms with Crippen LogP contribution in [0.4, 0.5) is 0 Å². The number of rotatable bonds is 4. The van der Waals surface area contributed by atoms with Gasteiger partial charge in [0.2, 0.25) is 5.91 Å². The lowest BCUT2D eigenvalue weighted by Gasteiger charge is -2.17. The minimum atomic E-state index is -0.480. The highest BCUT2D eigenvalue weighted by molar-refractivity contribution is 5.76. The van der Waals surface area contributed by atoms with Crippen LogP contribution < -0.4 is 11.1 Å². The molecule has 0 atom stereocenters. The van der Waals surface area contributed by atoms with E-state index < -0.39 is 5.54 Å². The van der Waals surface area contributed by atoms with Gasteiger partial charge in [0.1, 0.15) is 0 Å². The lowest BCUT2D eigenvalue weighted by molar-refractivity contribution is -0.122. The van der Waals surface area contributed by atoms with Gasteiger partial charge in [0.25, 0.3) is 0 Å². The van der Waals surface area contributed by atoms with Crippen LogP contribution in [-0.2, 0) is 11.3 Å². The predicted octanol–water partition coefficient (Wildman–Crippen LogP) is 0.220. The summed E-state index contributed by atoms with van der Waals surface area (Å²) in [7, 11) is 0. The Hall–Kier alpha value is -1.49. The fraction of sp³-hybridized carbons (Fsp3) is 0.500. The molecule has 5 heteroatoms. The zero-order valence-corrected chi connectivity index (χ0v) is 9.03. The molecule has 0 unspecified atom stereocenters. The number of carbonyl (C=O) groups excluding carboxylic acids is 1.